The first-order chi connectivity index (χ1) is 10.6. The largest absolute Gasteiger partial charge is 0.443 e. The molecule has 0 amide bonds. The average Bonchev–Trinajstić information content (AvgIpc) is 2.46. The van der Waals surface area contributed by atoms with Gasteiger partial charge in [-0.05, 0) is 23.0 Å². The van der Waals surface area contributed by atoms with Gasteiger partial charge in [-0.2, -0.15) is 0 Å². The van der Waals surface area contributed by atoms with Gasteiger partial charge >= 0.3 is 0 Å². The summed E-state index contributed by atoms with van der Waals surface area (Å²) >= 11 is 0. The van der Waals surface area contributed by atoms with Crippen molar-refractivity contribution < 1.29 is 9.42 Å². The number of hydrogen-bond acceptors (Lipinski definition) is 2. The second-order valence-electron chi connectivity index (χ2n) is 7.88. The standard InChI is InChI=1S/C20H27O2P/c1-19(2,3)16-13-10-14-17(20(4,5)6)18(16)22-23(21)15-11-8-7-9-12-15/h7-14,21H,1-6H3. The Labute approximate surface area is 141 Å². The van der Waals surface area contributed by atoms with Gasteiger partial charge in [-0.1, -0.05) is 77.9 Å². The number of para-hydroxylation sites is 1. The molecule has 23 heavy (non-hydrogen) atoms. The molecule has 124 valence electrons. The van der Waals surface area contributed by atoms with Gasteiger partial charge in [0.2, 0.25) is 0 Å². The molecule has 0 aromatic heterocycles. The second-order valence-corrected chi connectivity index (χ2v) is 9.13. The quantitative estimate of drug-likeness (QED) is 0.775. The Morgan fingerprint density at radius 2 is 1.22 bits per heavy atom. The maximum Gasteiger partial charge on any atom is 0.262 e. The summed E-state index contributed by atoms with van der Waals surface area (Å²) in [6.45, 7) is 13.0. The van der Waals surface area contributed by atoms with Gasteiger partial charge in [-0.3, -0.25) is 0 Å². The molecule has 2 aromatic rings. The molecule has 1 N–H and O–H groups in total. The topological polar surface area (TPSA) is 29.5 Å². The van der Waals surface area contributed by atoms with Crippen LogP contribution in [0.3, 0.4) is 0 Å². The van der Waals surface area contributed by atoms with Crippen molar-refractivity contribution in [3.05, 3.63) is 59.7 Å². The van der Waals surface area contributed by atoms with E-state index in [0.29, 0.717) is 0 Å². The van der Waals surface area contributed by atoms with Crippen molar-refractivity contribution in [2.75, 3.05) is 0 Å². The summed E-state index contributed by atoms with van der Waals surface area (Å²) in [7, 11) is -1.68. The van der Waals surface area contributed by atoms with Crippen LogP contribution in [-0.4, -0.2) is 4.89 Å². The third-order valence-corrected chi connectivity index (χ3v) is 4.88. The maximum absolute atomic E-state index is 10.6. The summed E-state index contributed by atoms with van der Waals surface area (Å²) in [5.41, 5.74) is 2.15. The zero-order valence-corrected chi connectivity index (χ0v) is 15.8. The predicted octanol–water partition coefficient (Wildman–Crippen LogP) is 5.29. The van der Waals surface area contributed by atoms with E-state index in [9.17, 15) is 4.89 Å². The van der Waals surface area contributed by atoms with E-state index in [4.69, 9.17) is 4.52 Å². The normalized spacial score (nSPS) is 13.7. The summed E-state index contributed by atoms with van der Waals surface area (Å²) in [4.78, 5) is 10.6. The van der Waals surface area contributed by atoms with E-state index < -0.39 is 8.38 Å². The van der Waals surface area contributed by atoms with Gasteiger partial charge in [0, 0.05) is 16.4 Å². The lowest BCUT2D eigenvalue weighted by Gasteiger charge is -2.30. The Balaban J connectivity index is 2.50. The van der Waals surface area contributed by atoms with Crippen LogP contribution in [0.15, 0.2) is 48.5 Å². The highest BCUT2D eigenvalue weighted by Crippen LogP contribution is 2.44. The number of benzene rings is 2. The van der Waals surface area contributed by atoms with Crippen molar-refractivity contribution in [1.82, 2.24) is 0 Å². The summed E-state index contributed by atoms with van der Waals surface area (Å²) in [5.74, 6) is 0.824. The zero-order chi connectivity index (χ0) is 17.3. The molecule has 0 fully saturated rings. The molecule has 2 aromatic carbocycles. The van der Waals surface area contributed by atoms with Crippen LogP contribution in [0.4, 0.5) is 0 Å². The smallest absolute Gasteiger partial charge is 0.262 e. The van der Waals surface area contributed by atoms with Crippen molar-refractivity contribution in [3.63, 3.8) is 0 Å². The third kappa shape index (κ3) is 4.34. The van der Waals surface area contributed by atoms with Crippen LogP contribution in [0, 0.1) is 0 Å². The van der Waals surface area contributed by atoms with Gasteiger partial charge in [0.1, 0.15) is 5.75 Å². The fourth-order valence-electron chi connectivity index (χ4n) is 2.51. The lowest BCUT2D eigenvalue weighted by Crippen LogP contribution is -2.19. The molecule has 2 nitrogen and oxygen atoms in total. The number of rotatable bonds is 3. The Morgan fingerprint density at radius 1 is 0.739 bits per heavy atom. The van der Waals surface area contributed by atoms with Crippen molar-refractivity contribution >= 4 is 13.7 Å². The van der Waals surface area contributed by atoms with Crippen LogP contribution in [0.1, 0.15) is 52.7 Å². The van der Waals surface area contributed by atoms with Gasteiger partial charge in [0.15, 0.2) is 0 Å². The minimum atomic E-state index is -1.68. The summed E-state index contributed by atoms with van der Waals surface area (Å²) < 4.78 is 6.14. The van der Waals surface area contributed by atoms with E-state index in [1.807, 2.05) is 30.3 Å². The molecule has 2 rings (SSSR count). The maximum atomic E-state index is 10.6. The van der Waals surface area contributed by atoms with E-state index in [0.717, 1.165) is 22.2 Å². The molecule has 3 heteroatoms. The van der Waals surface area contributed by atoms with Gasteiger partial charge < -0.3 is 9.42 Å². The van der Waals surface area contributed by atoms with Crippen LogP contribution in [0.5, 0.6) is 5.75 Å². The van der Waals surface area contributed by atoms with E-state index in [-0.39, 0.29) is 10.8 Å². The number of hydrogen-bond donors (Lipinski definition) is 1. The SMILES string of the molecule is CC(C)(C)c1cccc(C(C)(C)C)c1OP(O)c1ccccc1. The van der Waals surface area contributed by atoms with Gasteiger partial charge in [0.05, 0.1) is 0 Å². The Hall–Kier alpha value is -1.37. The van der Waals surface area contributed by atoms with Crippen LogP contribution in [0.25, 0.3) is 0 Å². The van der Waals surface area contributed by atoms with Gasteiger partial charge in [0.25, 0.3) is 8.38 Å². The van der Waals surface area contributed by atoms with Crippen molar-refractivity contribution in [1.29, 1.82) is 0 Å². The zero-order valence-electron chi connectivity index (χ0n) is 14.9. The van der Waals surface area contributed by atoms with Gasteiger partial charge in [-0.15, -0.1) is 0 Å². The highest BCUT2D eigenvalue weighted by molar-refractivity contribution is 7.55. The van der Waals surface area contributed by atoms with Crippen LogP contribution >= 0.6 is 8.38 Å². The van der Waals surface area contributed by atoms with Crippen LogP contribution in [0.2, 0.25) is 0 Å². The first-order valence-electron chi connectivity index (χ1n) is 7.97. The highest BCUT2D eigenvalue weighted by atomic mass is 31.2. The first-order valence-corrected chi connectivity index (χ1v) is 9.18. The molecule has 1 unspecified atom stereocenters. The molecule has 0 aliphatic heterocycles. The van der Waals surface area contributed by atoms with E-state index >= 15 is 0 Å². The first kappa shape index (κ1) is 18.0. The lowest BCUT2D eigenvalue weighted by atomic mass is 9.80. The second kappa shape index (κ2) is 6.63. The molecule has 1 atom stereocenters. The summed E-state index contributed by atoms with van der Waals surface area (Å²) in [6.07, 6.45) is 0. The van der Waals surface area contributed by atoms with Crippen molar-refractivity contribution in [2.24, 2.45) is 0 Å². The third-order valence-electron chi connectivity index (χ3n) is 3.79. The predicted molar refractivity (Wildman–Crippen MR) is 99.7 cm³/mol. The molecule has 0 saturated carbocycles. The average molecular weight is 330 g/mol. The molecule has 0 heterocycles. The molecule has 0 aliphatic carbocycles. The van der Waals surface area contributed by atoms with Crippen LogP contribution < -0.4 is 9.83 Å². The van der Waals surface area contributed by atoms with E-state index in [1.54, 1.807) is 0 Å². The van der Waals surface area contributed by atoms with Gasteiger partial charge in [-0.25, -0.2) is 0 Å². The molecule has 0 bridgehead atoms. The lowest BCUT2D eigenvalue weighted by molar-refractivity contribution is 0.460. The van der Waals surface area contributed by atoms with Crippen molar-refractivity contribution in [3.8, 4) is 5.75 Å². The molecule has 0 radical (unpaired) electrons. The Kier molecular flexibility index (Phi) is 5.18. The molecule has 0 saturated heterocycles. The Morgan fingerprint density at radius 3 is 1.65 bits per heavy atom. The summed E-state index contributed by atoms with van der Waals surface area (Å²) in [6, 6.07) is 15.9. The van der Waals surface area contributed by atoms with Crippen LogP contribution in [-0.2, 0) is 10.8 Å². The van der Waals surface area contributed by atoms with E-state index in [1.165, 1.54) is 0 Å². The summed E-state index contributed by atoms with van der Waals surface area (Å²) in [5, 5.41) is 0.825. The highest BCUT2D eigenvalue weighted by Gasteiger charge is 2.28. The van der Waals surface area contributed by atoms with E-state index in [2.05, 4.69) is 59.7 Å². The fourth-order valence-corrected chi connectivity index (χ4v) is 3.41. The minimum Gasteiger partial charge on any atom is -0.443 e. The fraction of sp³-hybridized carbons (Fsp3) is 0.400. The monoisotopic (exact) mass is 330 g/mol. The molecular formula is C20H27O2P. The van der Waals surface area contributed by atoms with Crippen molar-refractivity contribution in [2.45, 2.75) is 52.4 Å². The molecule has 0 aliphatic rings. The molecule has 0 spiro atoms. The molecular weight excluding hydrogens is 303 g/mol. The minimum absolute atomic E-state index is 0.0521. The Bertz CT molecular complexity index is 619.